The van der Waals surface area contributed by atoms with Crippen LogP contribution in [0.25, 0.3) is 34.8 Å². The van der Waals surface area contributed by atoms with E-state index in [2.05, 4.69) is 18.1 Å². The van der Waals surface area contributed by atoms with Crippen LogP contribution in [0.15, 0.2) is 67.8 Å². The van der Waals surface area contributed by atoms with E-state index < -0.39 is 0 Å². The van der Waals surface area contributed by atoms with Gasteiger partial charge in [-0.1, -0.05) is 79.3 Å². The van der Waals surface area contributed by atoms with Crippen LogP contribution in [0, 0.1) is 0 Å². The maximum Gasteiger partial charge on any atom is 0.160 e. The molecule has 3 aromatic rings. The maximum absolute atomic E-state index is 5.88. The molecule has 23 heavy (non-hydrogen) atoms. The van der Waals surface area contributed by atoms with Crippen molar-refractivity contribution in [2.75, 3.05) is 0 Å². The molecule has 1 aromatic heterocycles. The molecule has 0 aliphatic heterocycles. The van der Waals surface area contributed by atoms with Gasteiger partial charge in [-0.2, -0.15) is 0 Å². The lowest BCUT2D eigenvalue weighted by Gasteiger charge is -2.12. The lowest BCUT2D eigenvalue weighted by atomic mass is 9.94. The van der Waals surface area contributed by atoms with Gasteiger partial charge < -0.3 is 0 Å². The summed E-state index contributed by atoms with van der Waals surface area (Å²) in [6.45, 7) is 7.76. The van der Waals surface area contributed by atoms with E-state index >= 15 is 0 Å². The zero-order valence-corrected chi connectivity index (χ0v) is 12.7. The molecule has 0 amide bonds. The summed E-state index contributed by atoms with van der Waals surface area (Å²) in [6, 6.07) is 17.5. The summed E-state index contributed by atoms with van der Waals surface area (Å²) in [6.07, 6.45) is 3.49. The quantitative estimate of drug-likeness (QED) is 0.682. The van der Waals surface area contributed by atoms with Gasteiger partial charge in [-0.15, -0.1) is 0 Å². The number of rotatable bonds is 4. The van der Waals surface area contributed by atoms with Crippen LogP contribution in [0.4, 0.5) is 0 Å². The lowest BCUT2D eigenvalue weighted by molar-refractivity contribution is 1.16. The molecule has 0 aliphatic rings. The van der Waals surface area contributed by atoms with Gasteiger partial charge in [0.2, 0.25) is 0 Å². The molecule has 2 nitrogen and oxygen atoms in total. The normalized spacial score (nSPS) is 10.3. The van der Waals surface area contributed by atoms with Gasteiger partial charge in [-0.3, -0.25) is 0 Å². The van der Waals surface area contributed by atoms with Crippen LogP contribution >= 0.6 is 0 Å². The van der Waals surface area contributed by atoms with Crippen molar-refractivity contribution in [1.29, 1.82) is 0 Å². The van der Waals surface area contributed by atoms with Crippen LogP contribution in [0.5, 0.6) is 0 Å². The molecule has 2 aromatic carbocycles. The van der Waals surface area contributed by atoms with Crippen LogP contribution in [0.1, 0.15) is 11.3 Å². The molecular weight excluding hydrogens is 279 g/mol. The number of hydrogen-bond acceptors (Lipinski definition) is 2. The van der Waals surface area contributed by atoms with Gasteiger partial charge in [0.15, 0.2) is 5.82 Å². The van der Waals surface area contributed by atoms with Crippen molar-refractivity contribution in [3.8, 4) is 22.6 Å². The number of benzene rings is 2. The van der Waals surface area contributed by atoms with Crippen LogP contribution in [-0.4, -0.2) is 17.8 Å². The molecule has 0 spiro atoms. The van der Waals surface area contributed by atoms with Gasteiger partial charge >= 0.3 is 0 Å². The fourth-order valence-corrected chi connectivity index (χ4v) is 2.47. The largest absolute Gasteiger partial charge is 0.228 e. The van der Waals surface area contributed by atoms with Gasteiger partial charge in [0.05, 0.1) is 11.4 Å². The standard InChI is InChI=1S/C20H15BN2/c1-3-17-18(4-2)22-20(15-11-8-12-16(21)13-15)23-19(17)14-9-6-5-7-10-14/h3-13H,1-2H2. The Morgan fingerprint density at radius 1 is 0.826 bits per heavy atom. The molecule has 0 unspecified atom stereocenters. The highest BCUT2D eigenvalue weighted by atomic mass is 14.9. The van der Waals surface area contributed by atoms with E-state index in [0.29, 0.717) is 11.3 Å². The third kappa shape index (κ3) is 2.99. The summed E-state index contributed by atoms with van der Waals surface area (Å²) in [5.74, 6) is 0.622. The number of nitrogens with zero attached hydrogens (tertiary/aromatic N) is 2. The second-order valence-corrected chi connectivity index (χ2v) is 5.09. The molecular formula is C20H15BN2. The monoisotopic (exact) mass is 294 g/mol. The first kappa shape index (κ1) is 15.0. The van der Waals surface area contributed by atoms with E-state index in [9.17, 15) is 0 Å². The SMILES string of the molecule is [B]c1cccc(-c2nc(C=C)c(C=C)c(-c3ccccc3)n2)c1. The van der Waals surface area contributed by atoms with E-state index in [-0.39, 0.29) is 0 Å². The van der Waals surface area contributed by atoms with Crippen molar-refractivity contribution in [2.45, 2.75) is 0 Å². The molecule has 0 saturated carbocycles. The predicted molar refractivity (Wildman–Crippen MR) is 98.5 cm³/mol. The van der Waals surface area contributed by atoms with Crippen molar-refractivity contribution in [3.63, 3.8) is 0 Å². The highest BCUT2D eigenvalue weighted by molar-refractivity contribution is 6.32. The van der Waals surface area contributed by atoms with Crippen molar-refractivity contribution in [1.82, 2.24) is 9.97 Å². The minimum Gasteiger partial charge on any atom is -0.228 e. The van der Waals surface area contributed by atoms with Gasteiger partial charge in [-0.25, -0.2) is 9.97 Å². The Morgan fingerprint density at radius 2 is 1.57 bits per heavy atom. The molecule has 3 rings (SSSR count). The zero-order chi connectivity index (χ0) is 16.2. The summed E-state index contributed by atoms with van der Waals surface area (Å²) in [4.78, 5) is 9.35. The predicted octanol–water partition coefficient (Wildman–Crippen LogP) is 3.89. The first-order chi connectivity index (χ1) is 11.2. The molecule has 3 heteroatoms. The summed E-state index contributed by atoms with van der Waals surface area (Å²) in [7, 11) is 5.88. The number of aromatic nitrogens is 2. The smallest absolute Gasteiger partial charge is 0.160 e. The molecule has 1 heterocycles. The van der Waals surface area contributed by atoms with Crippen molar-refractivity contribution < 1.29 is 0 Å². The Labute approximate surface area is 137 Å². The van der Waals surface area contributed by atoms with E-state index in [1.165, 1.54) is 0 Å². The summed E-state index contributed by atoms with van der Waals surface area (Å²) < 4.78 is 0. The van der Waals surface area contributed by atoms with Gasteiger partial charge in [0.25, 0.3) is 0 Å². The van der Waals surface area contributed by atoms with Crippen molar-refractivity contribution >= 4 is 25.5 Å². The molecule has 108 valence electrons. The average molecular weight is 294 g/mol. The molecule has 0 bridgehead atoms. The molecule has 0 saturated heterocycles. The van der Waals surface area contributed by atoms with E-state index in [1.807, 2.05) is 54.6 Å². The summed E-state index contributed by atoms with van der Waals surface area (Å²) in [5.41, 5.74) is 5.03. The van der Waals surface area contributed by atoms with Crippen molar-refractivity contribution in [2.24, 2.45) is 0 Å². The van der Waals surface area contributed by atoms with Crippen LogP contribution in [0.2, 0.25) is 0 Å². The van der Waals surface area contributed by atoms with E-state index in [1.54, 1.807) is 12.2 Å². The molecule has 0 fully saturated rings. The van der Waals surface area contributed by atoms with Gasteiger partial charge in [0, 0.05) is 16.7 Å². The van der Waals surface area contributed by atoms with Gasteiger partial charge in [-0.05, 0) is 6.08 Å². The van der Waals surface area contributed by atoms with Crippen molar-refractivity contribution in [3.05, 3.63) is 79.0 Å². The highest BCUT2D eigenvalue weighted by Gasteiger charge is 2.13. The second kappa shape index (κ2) is 6.45. The average Bonchev–Trinajstić information content (AvgIpc) is 2.61. The van der Waals surface area contributed by atoms with Crippen LogP contribution in [-0.2, 0) is 0 Å². The second-order valence-electron chi connectivity index (χ2n) is 5.09. The third-order valence-electron chi connectivity index (χ3n) is 3.56. The lowest BCUT2D eigenvalue weighted by Crippen LogP contribution is -2.04. The molecule has 0 atom stereocenters. The van der Waals surface area contributed by atoms with E-state index in [4.69, 9.17) is 12.8 Å². The van der Waals surface area contributed by atoms with Crippen LogP contribution in [0.3, 0.4) is 0 Å². The molecule has 0 N–H and O–H groups in total. The van der Waals surface area contributed by atoms with E-state index in [0.717, 1.165) is 28.1 Å². The minimum absolute atomic E-state index is 0.622. The summed E-state index contributed by atoms with van der Waals surface area (Å²) in [5, 5.41) is 0. The Morgan fingerprint density at radius 3 is 2.22 bits per heavy atom. The molecule has 2 radical (unpaired) electrons. The fraction of sp³-hybridized carbons (Fsp3) is 0. The third-order valence-corrected chi connectivity index (χ3v) is 3.56. The fourth-order valence-electron chi connectivity index (χ4n) is 2.47. The summed E-state index contributed by atoms with van der Waals surface area (Å²) >= 11 is 0. The number of hydrogen-bond donors (Lipinski definition) is 0. The maximum atomic E-state index is 5.88. The Bertz CT molecular complexity index is 870. The Hall–Kier alpha value is -2.94. The first-order valence-corrected chi connectivity index (χ1v) is 7.31. The minimum atomic E-state index is 0.622. The van der Waals surface area contributed by atoms with Gasteiger partial charge in [0.1, 0.15) is 7.85 Å². The zero-order valence-electron chi connectivity index (χ0n) is 12.7. The topological polar surface area (TPSA) is 25.8 Å². The Kier molecular flexibility index (Phi) is 4.20. The first-order valence-electron chi connectivity index (χ1n) is 7.31. The molecule has 0 aliphatic carbocycles. The van der Waals surface area contributed by atoms with Crippen LogP contribution < -0.4 is 5.46 Å². The highest BCUT2D eigenvalue weighted by Crippen LogP contribution is 2.28. The Balaban J connectivity index is 2.28.